The van der Waals surface area contributed by atoms with E-state index in [2.05, 4.69) is 24.9 Å². The first-order valence-electron chi connectivity index (χ1n) is 5.94. The first kappa shape index (κ1) is 11.8. The summed E-state index contributed by atoms with van der Waals surface area (Å²) in [5.41, 5.74) is 0. The third kappa shape index (κ3) is 1.73. The van der Waals surface area contributed by atoms with E-state index in [1.54, 1.807) is 0 Å². The highest BCUT2D eigenvalue weighted by atomic mass is 16.8. The molecule has 0 aromatic rings. The number of nitrogens with zero attached hydrogens (tertiary/aromatic N) is 2. The third-order valence-corrected chi connectivity index (χ3v) is 3.69. The van der Waals surface area contributed by atoms with Gasteiger partial charge in [0, 0.05) is 6.04 Å². The molecule has 4 unspecified atom stereocenters. The van der Waals surface area contributed by atoms with Gasteiger partial charge in [-0.15, -0.1) is 0 Å². The molecule has 2 aliphatic rings. The van der Waals surface area contributed by atoms with Crippen LogP contribution in [0.2, 0.25) is 0 Å². The SMILES string of the molecule is CCC1C2OC(C)(C)OC2C(CC#N)N1C. The van der Waals surface area contributed by atoms with Crippen LogP contribution in [0.1, 0.15) is 33.6 Å². The van der Waals surface area contributed by atoms with Gasteiger partial charge in [-0.25, -0.2) is 0 Å². The number of nitriles is 1. The molecule has 0 bridgehead atoms. The van der Waals surface area contributed by atoms with Gasteiger partial charge in [-0.1, -0.05) is 6.92 Å². The molecule has 90 valence electrons. The van der Waals surface area contributed by atoms with E-state index < -0.39 is 5.79 Å². The lowest BCUT2D eigenvalue weighted by Crippen LogP contribution is -2.39. The Morgan fingerprint density at radius 3 is 2.31 bits per heavy atom. The molecule has 4 nitrogen and oxygen atoms in total. The lowest BCUT2D eigenvalue weighted by Gasteiger charge is -2.29. The standard InChI is InChI=1S/C12H20N2O2/c1-5-8-10-11(16-12(2,3)15-10)9(6-7-13)14(8)4/h8-11H,5-6H2,1-4H3. The van der Waals surface area contributed by atoms with Crippen LogP contribution in [-0.4, -0.2) is 42.0 Å². The smallest absolute Gasteiger partial charge is 0.163 e. The number of rotatable bonds is 2. The molecule has 4 heteroatoms. The van der Waals surface area contributed by atoms with Gasteiger partial charge in [0.2, 0.25) is 0 Å². The first-order valence-corrected chi connectivity index (χ1v) is 5.94. The fourth-order valence-electron chi connectivity index (χ4n) is 3.00. The molecule has 0 N–H and O–H groups in total. The van der Waals surface area contributed by atoms with E-state index in [4.69, 9.17) is 14.7 Å². The Labute approximate surface area is 97.1 Å². The van der Waals surface area contributed by atoms with Crippen molar-refractivity contribution in [2.75, 3.05) is 7.05 Å². The molecule has 2 rings (SSSR count). The molecule has 2 saturated heterocycles. The number of hydrogen-bond acceptors (Lipinski definition) is 4. The lowest BCUT2D eigenvalue weighted by molar-refractivity contribution is -0.166. The van der Waals surface area contributed by atoms with Crippen molar-refractivity contribution in [3.8, 4) is 6.07 Å². The van der Waals surface area contributed by atoms with Crippen molar-refractivity contribution in [2.45, 2.75) is 63.7 Å². The number of likely N-dealkylation sites (tertiary alicyclic amines) is 1. The van der Waals surface area contributed by atoms with Crippen LogP contribution in [0, 0.1) is 11.3 Å². The van der Waals surface area contributed by atoms with E-state index in [0.29, 0.717) is 12.5 Å². The van der Waals surface area contributed by atoms with Gasteiger partial charge >= 0.3 is 0 Å². The molecule has 0 aromatic heterocycles. The summed E-state index contributed by atoms with van der Waals surface area (Å²) in [5, 5.41) is 8.88. The van der Waals surface area contributed by atoms with Crippen LogP contribution in [0.3, 0.4) is 0 Å². The van der Waals surface area contributed by atoms with Crippen LogP contribution in [0.15, 0.2) is 0 Å². The highest BCUT2D eigenvalue weighted by Gasteiger charge is 2.55. The van der Waals surface area contributed by atoms with Crippen LogP contribution in [-0.2, 0) is 9.47 Å². The van der Waals surface area contributed by atoms with E-state index in [9.17, 15) is 0 Å². The van der Waals surface area contributed by atoms with Crippen LogP contribution in [0.4, 0.5) is 0 Å². The van der Waals surface area contributed by atoms with Gasteiger partial charge in [0.15, 0.2) is 5.79 Å². The van der Waals surface area contributed by atoms with Crippen molar-refractivity contribution >= 4 is 0 Å². The molecule has 0 amide bonds. The second-order valence-corrected chi connectivity index (χ2v) is 5.14. The predicted molar refractivity (Wildman–Crippen MR) is 59.7 cm³/mol. The van der Waals surface area contributed by atoms with Gasteiger partial charge in [0.1, 0.15) is 12.2 Å². The minimum absolute atomic E-state index is 0.0459. The maximum atomic E-state index is 8.88. The van der Waals surface area contributed by atoms with Crippen LogP contribution in [0.5, 0.6) is 0 Å². The van der Waals surface area contributed by atoms with Crippen LogP contribution in [0.25, 0.3) is 0 Å². The summed E-state index contributed by atoms with van der Waals surface area (Å²) < 4.78 is 11.9. The maximum Gasteiger partial charge on any atom is 0.163 e. The topological polar surface area (TPSA) is 45.5 Å². The minimum Gasteiger partial charge on any atom is -0.343 e. The molecule has 2 fully saturated rings. The molecule has 0 saturated carbocycles. The third-order valence-electron chi connectivity index (χ3n) is 3.69. The summed E-state index contributed by atoms with van der Waals surface area (Å²) in [6.45, 7) is 6.05. The summed E-state index contributed by atoms with van der Waals surface area (Å²) in [6, 6.07) is 2.78. The van der Waals surface area contributed by atoms with Crippen molar-refractivity contribution < 1.29 is 9.47 Å². The second kappa shape index (κ2) is 3.99. The molecule has 2 aliphatic heterocycles. The van der Waals surface area contributed by atoms with Gasteiger partial charge in [-0.2, -0.15) is 5.26 Å². The Hall–Kier alpha value is -0.630. The van der Waals surface area contributed by atoms with E-state index >= 15 is 0 Å². The van der Waals surface area contributed by atoms with Crippen molar-refractivity contribution in [3.05, 3.63) is 0 Å². The zero-order chi connectivity index (χ0) is 11.9. The van der Waals surface area contributed by atoms with Crippen molar-refractivity contribution in [1.29, 1.82) is 5.26 Å². The molecule has 16 heavy (non-hydrogen) atoms. The Balaban J connectivity index is 2.21. The normalized spacial score (nSPS) is 41.9. The Morgan fingerprint density at radius 1 is 1.25 bits per heavy atom. The van der Waals surface area contributed by atoms with E-state index in [0.717, 1.165) is 6.42 Å². The average Bonchev–Trinajstić information content (AvgIpc) is 2.61. The molecule has 4 atom stereocenters. The Morgan fingerprint density at radius 2 is 1.81 bits per heavy atom. The van der Waals surface area contributed by atoms with Gasteiger partial charge in [-0.3, -0.25) is 4.90 Å². The van der Waals surface area contributed by atoms with Crippen LogP contribution >= 0.6 is 0 Å². The second-order valence-electron chi connectivity index (χ2n) is 5.14. The maximum absolute atomic E-state index is 8.88. The van der Waals surface area contributed by atoms with Crippen molar-refractivity contribution in [3.63, 3.8) is 0 Å². The number of fused-ring (bicyclic) bond motifs is 1. The van der Waals surface area contributed by atoms with Crippen molar-refractivity contribution in [1.82, 2.24) is 4.90 Å². The van der Waals surface area contributed by atoms with Crippen molar-refractivity contribution in [2.24, 2.45) is 0 Å². The molecule has 0 aliphatic carbocycles. The average molecular weight is 224 g/mol. The molecular formula is C12H20N2O2. The van der Waals surface area contributed by atoms with E-state index in [1.165, 1.54) is 0 Å². The highest BCUT2D eigenvalue weighted by Crippen LogP contribution is 2.41. The first-order chi connectivity index (χ1) is 7.50. The van der Waals surface area contributed by atoms with Gasteiger partial charge in [0.25, 0.3) is 0 Å². The molecule has 0 aromatic carbocycles. The summed E-state index contributed by atoms with van der Waals surface area (Å²) in [5.74, 6) is -0.502. The highest BCUT2D eigenvalue weighted by molar-refractivity contribution is 5.06. The van der Waals surface area contributed by atoms with Gasteiger partial charge in [-0.05, 0) is 27.3 Å². The molecule has 0 radical (unpaired) electrons. The summed E-state index contributed by atoms with van der Waals surface area (Å²) in [7, 11) is 2.06. The quantitative estimate of drug-likeness (QED) is 0.713. The number of likely N-dealkylation sites (N-methyl/N-ethyl adjacent to an activating group) is 1. The summed E-state index contributed by atoms with van der Waals surface area (Å²) in [4.78, 5) is 2.24. The fourth-order valence-corrected chi connectivity index (χ4v) is 3.00. The largest absolute Gasteiger partial charge is 0.343 e. The summed E-state index contributed by atoms with van der Waals surface area (Å²) in [6.07, 6.45) is 1.69. The monoisotopic (exact) mass is 224 g/mol. The van der Waals surface area contributed by atoms with E-state index in [-0.39, 0.29) is 18.2 Å². The number of ether oxygens (including phenoxy) is 2. The lowest BCUT2D eigenvalue weighted by atomic mass is 10.1. The Kier molecular flexibility index (Phi) is 2.95. The molecule has 2 heterocycles. The molecule has 0 spiro atoms. The van der Waals surface area contributed by atoms with E-state index in [1.807, 2.05) is 13.8 Å². The Bertz CT molecular complexity index is 311. The molecular weight excluding hydrogens is 204 g/mol. The van der Waals surface area contributed by atoms with Gasteiger partial charge in [0.05, 0.1) is 18.5 Å². The zero-order valence-electron chi connectivity index (χ0n) is 10.4. The summed E-state index contributed by atoms with van der Waals surface area (Å²) >= 11 is 0. The zero-order valence-corrected chi connectivity index (χ0v) is 10.4. The minimum atomic E-state index is -0.502. The predicted octanol–water partition coefficient (Wildman–Crippen LogP) is 1.51. The fraction of sp³-hybridized carbons (Fsp3) is 0.917. The number of hydrogen-bond donors (Lipinski definition) is 0. The van der Waals surface area contributed by atoms with Crippen LogP contribution < -0.4 is 0 Å². The van der Waals surface area contributed by atoms with Gasteiger partial charge < -0.3 is 9.47 Å².